The Balaban J connectivity index is 0.00000132. The monoisotopic (exact) mass is 334 g/mol. The number of ether oxygens (including phenoxy) is 1. The molecule has 112 valence electrons. The number of carbonyl (C=O) groups is 2. The minimum absolute atomic E-state index is 0. The van der Waals surface area contributed by atoms with Crippen molar-refractivity contribution in [2.24, 2.45) is 23.7 Å². The zero-order chi connectivity index (χ0) is 15.0. The van der Waals surface area contributed by atoms with Crippen LogP contribution in [0.1, 0.15) is 19.3 Å². The summed E-state index contributed by atoms with van der Waals surface area (Å²) in [6.07, 6.45) is 1.65. The fourth-order valence-corrected chi connectivity index (χ4v) is 3.95. The van der Waals surface area contributed by atoms with E-state index in [-0.39, 0.29) is 77.1 Å². The van der Waals surface area contributed by atoms with Crippen LogP contribution in [0, 0.1) is 23.7 Å². The van der Waals surface area contributed by atoms with Gasteiger partial charge in [0.2, 0.25) is 0 Å². The number of fused-ring (bicyclic) bond motifs is 3. The molecule has 0 spiro atoms. The van der Waals surface area contributed by atoms with E-state index >= 15 is 0 Å². The molecule has 0 N–H and O–H groups in total. The van der Waals surface area contributed by atoms with E-state index in [9.17, 15) is 19.8 Å². The van der Waals surface area contributed by atoms with Crippen LogP contribution in [-0.4, -0.2) is 18.0 Å². The first-order valence-corrected chi connectivity index (χ1v) is 7.21. The molecule has 23 heavy (non-hydrogen) atoms. The second-order valence-corrected chi connectivity index (χ2v) is 5.90. The second-order valence-electron chi connectivity index (χ2n) is 5.90. The van der Waals surface area contributed by atoms with Crippen LogP contribution in [0.3, 0.4) is 0 Å². The third-order valence-electron chi connectivity index (χ3n) is 4.81. The molecule has 3 fully saturated rings. The van der Waals surface area contributed by atoms with Crippen LogP contribution < -0.4 is 74.1 Å². The Kier molecular flexibility index (Phi) is 8.11. The van der Waals surface area contributed by atoms with Gasteiger partial charge in [0.05, 0.1) is 0 Å². The van der Waals surface area contributed by atoms with Crippen LogP contribution in [-0.2, 0) is 9.59 Å². The van der Waals surface area contributed by atoms with Gasteiger partial charge in [-0.05, 0) is 37.3 Å². The minimum Gasteiger partial charge on any atom is -0.550 e. The Bertz CT molecular complexity index is 551. The number of benzene rings is 1. The fourth-order valence-electron chi connectivity index (χ4n) is 3.95. The summed E-state index contributed by atoms with van der Waals surface area (Å²) in [7, 11) is 0. The summed E-state index contributed by atoms with van der Waals surface area (Å²) < 4.78 is 5.89. The second kappa shape index (κ2) is 8.88. The summed E-state index contributed by atoms with van der Waals surface area (Å²) in [5.74, 6) is -4.42. The van der Waals surface area contributed by atoms with Gasteiger partial charge in [0.15, 0.2) is 0 Å². The first kappa shape index (κ1) is 21.0. The summed E-state index contributed by atoms with van der Waals surface area (Å²) in [4.78, 5) is 22.7. The molecule has 0 aromatic heterocycles. The molecule has 5 unspecified atom stereocenters. The molecule has 1 aromatic carbocycles. The smallest absolute Gasteiger partial charge is 0.550 e. The minimum atomic E-state index is -1.31. The van der Waals surface area contributed by atoms with Gasteiger partial charge in [0.25, 0.3) is 0 Å². The van der Waals surface area contributed by atoms with E-state index in [4.69, 9.17) is 4.74 Å². The topological polar surface area (TPSA) is 89.5 Å². The van der Waals surface area contributed by atoms with Crippen LogP contribution in [0.5, 0.6) is 5.75 Å². The number of para-hydroxylation sites is 1. The summed E-state index contributed by atoms with van der Waals surface area (Å²) >= 11 is 0. The molecule has 0 radical (unpaired) electrons. The number of aliphatic carboxylic acids is 2. The molecule has 0 saturated heterocycles. The molecule has 2 bridgehead atoms. The molecular weight excluding hydrogens is 318 g/mol. The molecule has 3 aliphatic carbocycles. The Morgan fingerprint density at radius 2 is 1.57 bits per heavy atom. The number of carboxylic acids is 2. The zero-order valence-electron chi connectivity index (χ0n) is 13.4. The average Bonchev–Trinajstić information content (AvgIpc) is 2.47. The summed E-state index contributed by atoms with van der Waals surface area (Å²) in [6, 6.07) is 9.18. The van der Waals surface area contributed by atoms with E-state index in [1.807, 2.05) is 30.3 Å². The molecule has 3 saturated carbocycles. The van der Waals surface area contributed by atoms with Gasteiger partial charge >= 0.3 is 59.1 Å². The van der Waals surface area contributed by atoms with Crippen molar-refractivity contribution in [1.82, 2.24) is 0 Å². The number of rotatable bonds is 4. The van der Waals surface area contributed by atoms with E-state index in [2.05, 4.69) is 0 Å². The number of carbonyl (C=O) groups excluding carboxylic acids is 2. The van der Waals surface area contributed by atoms with E-state index in [0.717, 1.165) is 0 Å². The maximum Gasteiger partial charge on any atom is 1.00 e. The molecule has 1 aromatic rings. The van der Waals surface area contributed by atoms with Crippen LogP contribution >= 0.6 is 0 Å². The third-order valence-corrected chi connectivity index (χ3v) is 4.81. The largest absolute Gasteiger partial charge is 1.00 e. The molecular formula is C16H16Na2O5. The van der Waals surface area contributed by atoms with E-state index < -0.39 is 23.8 Å². The maximum atomic E-state index is 11.4. The first-order valence-electron chi connectivity index (χ1n) is 7.21. The predicted octanol–water partition coefficient (Wildman–Crippen LogP) is -6.40. The van der Waals surface area contributed by atoms with Crippen LogP contribution in [0.15, 0.2) is 30.3 Å². The van der Waals surface area contributed by atoms with E-state index in [1.165, 1.54) is 0 Å². The number of hydrogen-bond acceptors (Lipinski definition) is 5. The van der Waals surface area contributed by atoms with Gasteiger partial charge in [-0.2, -0.15) is 0 Å². The Morgan fingerprint density at radius 1 is 0.957 bits per heavy atom. The van der Waals surface area contributed by atoms with E-state index in [1.54, 1.807) is 0 Å². The first-order chi connectivity index (χ1) is 10.1. The normalized spacial score (nSPS) is 31.4. The van der Waals surface area contributed by atoms with Gasteiger partial charge in [-0.3, -0.25) is 0 Å². The molecule has 4 rings (SSSR count). The van der Waals surface area contributed by atoms with Crippen molar-refractivity contribution >= 4 is 11.9 Å². The van der Waals surface area contributed by atoms with Crippen molar-refractivity contribution in [3.63, 3.8) is 0 Å². The van der Waals surface area contributed by atoms with Gasteiger partial charge in [-0.1, -0.05) is 18.2 Å². The van der Waals surface area contributed by atoms with Crippen LogP contribution in [0.4, 0.5) is 0 Å². The molecule has 5 nitrogen and oxygen atoms in total. The van der Waals surface area contributed by atoms with Crippen molar-refractivity contribution in [2.75, 3.05) is 0 Å². The maximum absolute atomic E-state index is 11.4. The van der Waals surface area contributed by atoms with Crippen molar-refractivity contribution < 1.29 is 83.7 Å². The van der Waals surface area contributed by atoms with Crippen molar-refractivity contribution in [1.29, 1.82) is 0 Å². The standard InChI is InChI=1S/C16H18O5.2Na/c17-15(18)13-9-6-7-11(14(13)16(19)20)12(8-9)21-10-4-2-1-3-5-10;;/h1-5,9,11-14H,6-8H2,(H,17,18)(H,19,20);;/q;2*+1/p-2. The van der Waals surface area contributed by atoms with Crippen LogP contribution in [0.25, 0.3) is 0 Å². The SMILES string of the molecule is O=C([O-])C1C2CCC(C(Oc3ccccc3)C2)C1C(=O)[O-].[Na+].[Na+]. The molecule has 3 aliphatic rings. The third kappa shape index (κ3) is 4.33. The summed E-state index contributed by atoms with van der Waals surface area (Å²) in [6.45, 7) is 0. The molecule has 5 atom stereocenters. The predicted molar refractivity (Wildman–Crippen MR) is 68.7 cm³/mol. The van der Waals surface area contributed by atoms with Gasteiger partial charge < -0.3 is 24.5 Å². The van der Waals surface area contributed by atoms with E-state index in [0.29, 0.717) is 25.0 Å². The number of carboxylic acid groups (broad SMARTS) is 2. The quantitative estimate of drug-likeness (QED) is 0.511. The van der Waals surface area contributed by atoms with Gasteiger partial charge in [0.1, 0.15) is 11.9 Å². The average molecular weight is 334 g/mol. The Labute approximate surface area is 179 Å². The van der Waals surface area contributed by atoms with Gasteiger partial charge in [0, 0.05) is 29.7 Å². The molecule has 7 heteroatoms. The van der Waals surface area contributed by atoms with Gasteiger partial charge in [-0.25, -0.2) is 0 Å². The van der Waals surface area contributed by atoms with Gasteiger partial charge in [-0.15, -0.1) is 0 Å². The molecule has 0 aliphatic heterocycles. The van der Waals surface area contributed by atoms with Crippen molar-refractivity contribution in [3.05, 3.63) is 30.3 Å². The summed E-state index contributed by atoms with van der Waals surface area (Å²) in [5, 5.41) is 22.7. The zero-order valence-corrected chi connectivity index (χ0v) is 17.4. The Hall–Kier alpha value is -0.0400. The number of hydrogen-bond donors (Lipinski definition) is 0. The fraction of sp³-hybridized carbons (Fsp3) is 0.500. The summed E-state index contributed by atoms with van der Waals surface area (Å²) in [5.41, 5.74) is 0. The van der Waals surface area contributed by atoms with Crippen LogP contribution in [0.2, 0.25) is 0 Å². The Morgan fingerprint density at radius 3 is 2.13 bits per heavy atom. The van der Waals surface area contributed by atoms with Crippen molar-refractivity contribution in [3.8, 4) is 5.75 Å². The molecule has 0 amide bonds. The molecule has 0 heterocycles. The van der Waals surface area contributed by atoms with Crippen molar-refractivity contribution in [2.45, 2.75) is 25.4 Å².